The molecule has 0 aromatic carbocycles. The molecule has 1 saturated carbocycles. The lowest BCUT2D eigenvalue weighted by molar-refractivity contribution is -0.133. The minimum absolute atomic E-state index is 0.249. The highest BCUT2D eigenvalue weighted by Gasteiger charge is 2.33. The van der Waals surface area contributed by atoms with Gasteiger partial charge in [0, 0.05) is 32.1 Å². The van der Waals surface area contributed by atoms with Gasteiger partial charge in [-0.1, -0.05) is 12.8 Å². The van der Waals surface area contributed by atoms with Gasteiger partial charge in [-0.25, -0.2) is 0 Å². The summed E-state index contributed by atoms with van der Waals surface area (Å²) in [5.74, 6) is 0.249. The fourth-order valence-electron chi connectivity index (χ4n) is 2.65. The highest BCUT2D eigenvalue weighted by Crippen LogP contribution is 2.25. The molecule has 0 aromatic rings. The second-order valence-electron chi connectivity index (χ2n) is 4.12. The standard InChI is InChI=1S/C10H18N2O/c1-8(13)12-7-6-11-9-4-2-3-5-10(9)12/h9-11H,2-7H2,1H3/t9-,10+/m1/s1. The van der Waals surface area contributed by atoms with Crippen LogP contribution in [0.3, 0.4) is 0 Å². The van der Waals surface area contributed by atoms with Crippen LogP contribution >= 0.6 is 0 Å². The van der Waals surface area contributed by atoms with Crippen LogP contribution in [0.1, 0.15) is 32.6 Å². The van der Waals surface area contributed by atoms with Gasteiger partial charge in [-0.05, 0) is 12.8 Å². The minimum atomic E-state index is 0.249. The second kappa shape index (κ2) is 3.66. The van der Waals surface area contributed by atoms with Crippen molar-refractivity contribution in [1.29, 1.82) is 0 Å². The van der Waals surface area contributed by atoms with Crippen LogP contribution in [0.5, 0.6) is 0 Å². The monoisotopic (exact) mass is 182 g/mol. The van der Waals surface area contributed by atoms with Crippen LogP contribution in [0.2, 0.25) is 0 Å². The van der Waals surface area contributed by atoms with Crippen LogP contribution in [-0.4, -0.2) is 36.0 Å². The van der Waals surface area contributed by atoms with Crippen molar-refractivity contribution in [2.24, 2.45) is 0 Å². The normalized spacial score (nSPS) is 34.1. The molecule has 0 radical (unpaired) electrons. The van der Waals surface area contributed by atoms with Gasteiger partial charge in [-0.3, -0.25) is 4.79 Å². The summed E-state index contributed by atoms with van der Waals surface area (Å²) < 4.78 is 0. The number of amides is 1. The molecule has 3 nitrogen and oxygen atoms in total. The van der Waals surface area contributed by atoms with Crippen molar-refractivity contribution in [2.45, 2.75) is 44.7 Å². The molecule has 3 heteroatoms. The van der Waals surface area contributed by atoms with Gasteiger partial charge in [-0.2, -0.15) is 0 Å². The first-order chi connectivity index (χ1) is 6.29. The lowest BCUT2D eigenvalue weighted by Gasteiger charge is -2.44. The molecule has 1 aliphatic carbocycles. The first-order valence-corrected chi connectivity index (χ1v) is 5.29. The molecular weight excluding hydrogens is 164 g/mol. The maximum atomic E-state index is 11.4. The van der Waals surface area contributed by atoms with Crippen LogP contribution in [0.4, 0.5) is 0 Å². The molecule has 2 atom stereocenters. The highest BCUT2D eigenvalue weighted by atomic mass is 16.2. The summed E-state index contributed by atoms with van der Waals surface area (Å²) in [5, 5.41) is 3.51. The third kappa shape index (κ3) is 1.70. The van der Waals surface area contributed by atoms with E-state index in [0.717, 1.165) is 13.1 Å². The van der Waals surface area contributed by atoms with Gasteiger partial charge in [0.1, 0.15) is 0 Å². The first-order valence-electron chi connectivity index (χ1n) is 5.29. The molecule has 0 spiro atoms. The maximum absolute atomic E-state index is 11.4. The van der Waals surface area contributed by atoms with Crippen molar-refractivity contribution in [3.05, 3.63) is 0 Å². The molecule has 74 valence electrons. The quantitative estimate of drug-likeness (QED) is 0.599. The van der Waals surface area contributed by atoms with Crippen LogP contribution in [0.15, 0.2) is 0 Å². The summed E-state index contributed by atoms with van der Waals surface area (Å²) in [5.41, 5.74) is 0. The summed E-state index contributed by atoms with van der Waals surface area (Å²) in [4.78, 5) is 13.4. The second-order valence-corrected chi connectivity index (χ2v) is 4.12. The van der Waals surface area contributed by atoms with E-state index in [2.05, 4.69) is 10.2 Å². The maximum Gasteiger partial charge on any atom is 0.219 e. The lowest BCUT2D eigenvalue weighted by atomic mass is 9.87. The van der Waals surface area contributed by atoms with Crippen molar-refractivity contribution >= 4 is 5.91 Å². The zero-order chi connectivity index (χ0) is 9.26. The minimum Gasteiger partial charge on any atom is -0.337 e. The predicted molar refractivity (Wildman–Crippen MR) is 51.4 cm³/mol. The predicted octanol–water partition coefficient (Wildman–Crippen LogP) is 0.749. The van der Waals surface area contributed by atoms with E-state index in [1.54, 1.807) is 6.92 Å². The Morgan fingerprint density at radius 3 is 2.92 bits per heavy atom. The number of nitrogens with one attached hydrogen (secondary N) is 1. The van der Waals surface area contributed by atoms with Gasteiger partial charge in [0.15, 0.2) is 0 Å². The number of rotatable bonds is 0. The van der Waals surface area contributed by atoms with Crippen molar-refractivity contribution < 1.29 is 4.79 Å². The zero-order valence-corrected chi connectivity index (χ0v) is 8.25. The van der Waals surface area contributed by atoms with Crippen molar-refractivity contribution in [1.82, 2.24) is 10.2 Å². The summed E-state index contributed by atoms with van der Waals surface area (Å²) in [7, 11) is 0. The average molecular weight is 182 g/mol. The smallest absolute Gasteiger partial charge is 0.219 e. The Hall–Kier alpha value is -0.570. The number of carbonyl (C=O) groups is 1. The molecule has 1 saturated heterocycles. The molecule has 1 amide bonds. The van der Waals surface area contributed by atoms with E-state index in [1.807, 2.05) is 0 Å². The van der Waals surface area contributed by atoms with Crippen LogP contribution in [0.25, 0.3) is 0 Å². The van der Waals surface area contributed by atoms with Gasteiger partial charge in [0.2, 0.25) is 5.91 Å². The molecule has 0 aromatic heterocycles. The van der Waals surface area contributed by atoms with Gasteiger partial charge in [0.25, 0.3) is 0 Å². The fraction of sp³-hybridized carbons (Fsp3) is 0.900. The highest BCUT2D eigenvalue weighted by molar-refractivity contribution is 5.73. The fourth-order valence-corrected chi connectivity index (χ4v) is 2.65. The van der Waals surface area contributed by atoms with E-state index in [1.165, 1.54) is 25.7 Å². The molecule has 1 heterocycles. The molecule has 0 unspecified atom stereocenters. The van der Waals surface area contributed by atoms with E-state index < -0.39 is 0 Å². The van der Waals surface area contributed by atoms with E-state index >= 15 is 0 Å². The Bertz CT molecular complexity index is 203. The third-order valence-electron chi connectivity index (χ3n) is 3.29. The van der Waals surface area contributed by atoms with Gasteiger partial charge in [0.05, 0.1) is 0 Å². The molecular formula is C10H18N2O. The number of hydrogen-bond acceptors (Lipinski definition) is 2. The zero-order valence-electron chi connectivity index (χ0n) is 8.25. The largest absolute Gasteiger partial charge is 0.337 e. The Kier molecular flexibility index (Phi) is 2.54. The van der Waals surface area contributed by atoms with Gasteiger partial charge < -0.3 is 10.2 Å². The van der Waals surface area contributed by atoms with E-state index in [-0.39, 0.29) is 5.91 Å². The molecule has 0 bridgehead atoms. The number of piperazine rings is 1. The van der Waals surface area contributed by atoms with Gasteiger partial charge in [-0.15, -0.1) is 0 Å². The number of fused-ring (bicyclic) bond motifs is 1. The Balaban J connectivity index is 2.06. The van der Waals surface area contributed by atoms with Crippen LogP contribution < -0.4 is 5.32 Å². The van der Waals surface area contributed by atoms with Crippen molar-refractivity contribution in [3.8, 4) is 0 Å². The van der Waals surface area contributed by atoms with Crippen LogP contribution in [-0.2, 0) is 4.79 Å². The Labute approximate surface area is 79.5 Å². The van der Waals surface area contributed by atoms with Crippen LogP contribution in [0, 0.1) is 0 Å². The summed E-state index contributed by atoms with van der Waals surface area (Å²) in [6.45, 7) is 3.56. The molecule has 1 N–H and O–H groups in total. The molecule has 2 fully saturated rings. The first kappa shape index (κ1) is 9.00. The SMILES string of the molecule is CC(=O)N1CCN[C@@H]2CCCC[C@@H]21. The number of hydrogen-bond donors (Lipinski definition) is 1. The summed E-state index contributed by atoms with van der Waals surface area (Å²) in [6.07, 6.45) is 5.04. The molecule has 2 rings (SSSR count). The molecule has 2 aliphatic rings. The summed E-state index contributed by atoms with van der Waals surface area (Å²) >= 11 is 0. The molecule has 1 aliphatic heterocycles. The topological polar surface area (TPSA) is 32.3 Å². The van der Waals surface area contributed by atoms with E-state index in [4.69, 9.17) is 0 Å². The van der Waals surface area contributed by atoms with Gasteiger partial charge >= 0.3 is 0 Å². The number of nitrogens with zero attached hydrogens (tertiary/aromatic N) is 1. The van der Waals surface area contributed by atoms with E-state index in [0.29, 0.717) is 12.1 Å². The number of carbonyl (C=O) groups excluding carboxylic acids is 1. The lowest BCUT2D eigenvalue weighted by Crippen LogP contribution is -2.60. The summed E-state index contributed by atoms with van der Waals surface area (Å²) in [6, 6.07) is 1.06. The average Bonchev–Trinajstić information content (AvgIpc) is 2.17. The Morgan fingerprint density at radius 1 is 1.38 bits per heavy atom. The molecule has 13 heavy (non-hydrogen) atoms. The van der Waals surface area contributed by atoms with Crippen molar-refractivity contribution in [2.75, 3.05) is 13.1 Å². The van der Waals surface area contributed by atoms with E-state index in [9.17, 15) is 4.79 Å². The van der Waals surface area contributed by atoms with Crippen molar-refractivity contribution in [3.63, 3.8) is 0 Å². The third-order valence-corrected chi connectivity index (χ3v) is 3.29. The Morgan fingerprint density at radius 2 is 2.15 bits per heavy atom.